The Morgan fingerprint density at radius 2 is 1.78 bits per heavy atom. The molecule has 1 aromatic heterocycles. The lowest BCUT2D eigenvalue weighted by Gasteiger charge is -2.09. The Morgan fingerprint density at radius 1 is 1.00 bits per heavy atom. The second-order valence-corrected chi connectivity index (χ2v) is 10.4. The summed E-state index contributed by atoms with van der Waals surface area (Å²) in [5, 5.41) is 4.28. The Hall–Kier alpha value is -2.80. The fourth-order valence-corrected chi connectivity index (χ4v) is 5.65. The predicted molar refractivity (Wildman–Crippen MR) is 129 cm³/mol. The molecule has 5 nitrogen and oxygen atoms in total. The van der Waals surface area contributed by atoms with E-state index in [1.165, 1.54) is 6.20 Å². The monoisotopic (exact) mass is 486 g/mol. The van der Waals surface area contributed by atoms with E-state index in [9.17, 15) is 13.2 Å². The molecule has 1 heterocycles. The van der Waals surface area contributed by atoms with Gasteiger partial charge in [-0.05, 0) is 48.4 Å². The van der Waals surface area contributed by atoms with Crippen molar-refractivity contribution in [2.45, 2.75) is 24.1 Å². The molecule has 32 heavy (non-hydrogen) atoms. The zero-order valence-corrected chi connectivity index (χ0v) is 19.5. The Bertz CT molecular complexity index is 1430. The van der Waals surface area contributed by atoms with Gasteiger partial charge in [0, 0.05) is 22.1 Å². The van der Waals surface area contributed by atoms with Crippen molar-refractivity contribution in [1.82, 2.24) is 4.57 Å². The molecule has 4 rings (SSSR count). The van der Waals surface area contributed by atoms with Crippen LogP contribution < -0.4 is 5.32 Å². The summed E-state index contributed by atoms with van der Waals surface area (Å²) < 4.78 is 28.1. The number of halogens is 2. The Kier molecular flexibility index (Phi) is 6.29. The fraction of sp³-hybridized carbons (Fsp3) is 0.125. The summed E-state index contributed by atoms with van der Waals surface area (Å²) in [6, 6.07) is 19.3. The summed E-state index contributed by atoms with van der Waals surface area (Å²) >= 11 is 12.2. The fourth-order valence-electron chi connectivity index (χ4n) is 3.58. The lowest BCUT2D eigenvalue weighted by molar-refractivity contribution is -0.116. The maximum atomic E-state index is 13.2. The van der Waals surface area contributed by atoms with Crippen molar-refractivity contribution >= 4 is 55.5 Å². The Morgan fingerprint density at radius 3 is 2.53 bits per heavy atom. The SMILES string of the molecule is Cc1ccc(NC(=O)Cn2cc(S(=O)(=O)Cc3cccc(Cl)c3)c3ccccc32)c(Cl)c1. The van der Waals surface area contributed by atoms with Crippen LogP contribution in [0.2, 0.25) is 10.0 Å². The third-order valence-corrected chi connectivity index (χ3v) is 7.30. The molecular weight excluding hydrogens is 467 g/mol. The van der Waals surface area contributed by atoms with Crippen LogP contribution in [0, 0.1) is 6.92 Å². The largest absolute Gasteiger partial charge is 0.337 e. The first kappa shape index (κ1) is 22.4. The number of nitrogens with zero attached hydrogens (tertiary/aromatic N) is 1. The van der Waals surface area contributed by atoms with Crippen molar-refractivity contribution in [3.63, 3.8) is 0 Å². The van der Waals surface area contributed by atoms with E-state index < -0.39 is 9.84 Å². The van der Waals surface area contributed by atoms with Crippen LogP contribution in [0.25, 0.3) is 10.9 Å². The quantitative estimate of drug-likeness (QED) is 0.370. The molecule has 8 heteroatoms. The second kappa shape index (κ2) is 8.98. The number of aryl methyl sites for hydroxylation is 1. The van der Waals surface area contributed by atoms with Crippen LogP contribution in [0.1, 0.15) is 11.1 Å². The van der Waals surface area contributed by atoms with Crippen molar-refractivity contribution < 1.29 is 13.2 Å². The molecule has 0 aliphatic carbocycles. The van der Waals surface area contributed by atoms with Crippen LogP contribution in [-0.4, -0.2) is 18.9 Å². The minimum Gasteiger partial charge on any atom is -0.337 e. The van der Waals surface area contributed by atoms with Gasteiger partial charge in [0.25, 0.3) is 0 Å². The number of fused-ring (bicyclic) bond motifs is 1. The summed E-state index contributed by atoms with van der Waals surface area (Å²) in [7, 11) is -3.67. The van der Waals surface area contributed by atoms with E-state index in [4.69, 9.17) is 23.2 Å². The van der Waals surface area contributed by atoms with Crippen molar-refractivity contribution in [2.24, 2.45) is 0 Å². The normalized spacial score (nSPS) is 11.6. The summed E-state index contributed by atoms with van der Waals surface area (Å²) in [6.45, 7) is 1.85. The van der Waals surface area contributed by atoms with Gasteiger partial charge in [0.05, 0.1) is 21.4 Å². The van der Waals surface area contributed by atoms with Gasteiger partial charge in [-0.1, -0.05) is 59.6 Å². The van der Waals surface area contributed by atoms with Gasteiger partial charge in [-0.2, -0.15) is 0 Å². The number of hydrogen-bond donors (Lipinski definition) is 1. The lowest BCUT2D eigenvalue weighted by atomic mass is 10.2. The zero-order valence-electron chi connectivity index (χ0n) is 17.2. The number of nitrogens with one attached hydrogen (secondary N) is 1. The van der Waals surface area contributed by atoms with Gasteiger partial charge in [0.2, 0.25) is 5.91 Å². The molecule has 0 atom stereocenters. The number of carbonyl (C=O) groups is 1. The van der Waals surface area contributed by atoms with Crippen molar-refractivity contribution in [1.29, 1.82) is 0 Å². The first-order valence-electron chi connectivity index (χ1n) is 9.84. The molecule has 0 unspecified atom stereocenters. The van der Waals surface area contributed by atoms with E-state index in [2.05, 4.69) is 5.32 Å². The van der Waals surface area contributed by atoms with Crippen molar-refractivity contribution in [2.75, 3.05) is 5.32 Å². The van der Waals surface area contributed by atoms with Crippen LogP contribution in [0.4, 0.5) is 5.69 Å². The van der Waals surface area contributed by atoms with Gasteiger partial charge in [0.15, 0.2) is 9.84 Å². The molecule has 0 spiro atoms. The lowest BCUT2D eigenvalue weighted by Crippen LogP contribution is -2.18. The third kappa shape index (κ3) is 4.83. The molecule has 0 saturated heterocycles. The van der Waals surface area contributed by atoms with E-state index in [1.54, 1.807) is 65.2 Å². The minimum atomic E-state index is -3.67. The number of anilines is 1. The van der Waals surface area contributed by atoms with Crippen LogP contribution in [0.15, 0.2) is 77.8 Å². The van der Waals surface area contributed by atoms with Crippen molar-refractivity contribution in [3.05, 3.63) is 94.1 Å². The zero-order chi connectivity index (χ0) is 22.9. The number of hydrogen-bond acceptors (Lipinski definition) is 3. The molecule has 0 bridgehead atoms. The number of sulfone groups is 1. The topological polar surface area (TPSA) is 68.2 Å². The molecule has 0 radical (unpaired) electrons. The Labute approximate surface area is 196 Å². The van der Waals surface area contributed by atoms with Crippen molar-refractivity contribution in [3.8, 4) is 0 Å². The predicted octanol–water partition coefficient (Wildman–Crippen LogP) is 5.87. The molecular formula is C24H20Cl2N2O3S. The average molecular weight is 487 g/mol. The van der Waals surface area contributed by atoms with E-state index in [1.807, 2.05) is 13.0 Å². The van der Waals surface area contributed by atoms with Crippen LogP contribution in [-0.2, 0) is 26.9 Å². The number of aromatic nitrogens is 1. The van der Waals surface area contributed by atoms with Crippen LogP contribution in [0.5, 0.6) is 0 Å². The highest BCUT2D eigenvalue weighted by Crippen LogP contribution is 2.29. The smallest absolute Gasteiger partial charge is 0.244 e. The van der Waals surface area contributed by atoms with Crippen LogP contribution in [0.3, 0.4) is 0 Å². The molecule has 4 aromatic rings. The summed E-state index contributed by atoms with van der Waals surface area (Å²) in [5.41, 5.74) is 2.75. The molecule has 0 aliphatic heterocycles. The maximum Gasteiger partial charge on any atom is 0.244 e. The molecule has 164 valence electrons. The highest BCUT2D eigenvalue weighted by atomic mass is 35.5. The number of amides is 1. The molecule has 0 fully saturated rings. The summed E-state index contributed by atoms with van der Waals surface area (Å²) in [6.07, 6.45) is 1.51. The Balaban J connectivity index is 1.64. The van der Waals surface area contributed by atoms with E-state index in [0.717, 1.165) is 5.56 Å². The van der Waals surface area contributed by atoms with E-state index >= 15 is 0 Å². The highest BCUT2D eigenvalue weighted by Gasteiger charge is 2.22. The summed E-state index contributed by atoms with van der Waals surface area (Å²) in [5.74, 6) is -0.498. The van der Waals surface area contributed by atoms with E-state index in [-0.39, 0.29) is 23.1 Å². The number of rotatable bonds is 6. The van der Waals surface area contributed by atoms with Crippen LogP contribution >= 0.6 is 23.2 Å². The van der Waals surface area contributed by atoms with Gasteiger partial charge in [-0.15, -0.1) is 0 Å². The van der Waals surface area contributed by atoms with Gasteiger partial charge >= 0.3 is 0 Å². The number of benzene rings is 3. The first-order chi connectivity index (χ1) is 15.2. The standard InChI is InChI=1S/C24H20Cl2N2O3S/c1-16-9-10-21(20(26)11-16)27-24(29)14-28-13-23(19-7-2-3-8-22(19)28)32(30,31)15-17-5-4-6-18(25)12-17/h2-13H,14-15H2,1H3,(H,27,29). The second-order valence-electron chi connectivity index (χ2n) is 7.56. The molecule has 1 amide bonds. The van der Waals surface area contributed by atoms with Gasteiger partial charge < -0.3 is 9.88 Å². The first-order valence-corrected chi connectivity index (χ1v) is 12.2. The highest BCUT2D eigenvalue weighted by molar-refractivity contribution is 7.90. The maximum absolute atomic E-state index is 13.2. The number of carbonyl (C=O) groups excluding carboxylic acids is 1. The molecule has 1 N–H and O–H groups in total. The average Bonchev–Trinajstić information content (AvgIpc) is 3.09. The third-order valence-electron chi connectivity index (χ3n) is 5.05. The summed E-state index contributed by atoms with van der Waals surface area (Å²) in [4.78, 5) is 12.9. The molecule has 3 aromatic carbocycles. The van der Waals surface area contributed by atoms with Gasteiger partial charge in [-0.25, -0.2) is 8.42 Å². The van der Waals surface area contributed by atoms with Gasteiger partial charge in [-0.3, -0.25) is 4.79 Å². The van der Waals surface area contributed by atoms with Gasteiger partial charge in [0.1, 0.15) is 6.54 Å². The number of para-hydroxylation sites is 1. The minimum absolute atomic E-state index is 0.0581. The van der Waals surface area contributed by atoms with E-state index in [0.29, 0.717) is 32.2 Å². The molecule has 0 aliphatic rings. The molecule has 0 saturated carbocycles.